The summed E-state index contributed by atoms with van der Waals surface area (Å²) in [4.78, 5) is 25.7. The molecule has 3 amide bonds. The third kappa shape index (κ3) is 3.74. The van der Waals surface area contributed by atoms with E-state index in [1.54, 1.807) is 31.4 Å². The van der Waals surface area contributed by atoms with Crippen molar-refractivity contribution < 1.29 is 14.3 Å². The summed E-state index contributed by atoms with van der Waals surface area (Å²) in [5.41, 5.74) is 0.632. The second kappa shape index (κ2) is 5.76. The van der Waals surface area contributed by atoms with Crippen molar-refractivity contribution in [1.82, 2.24) is 5.32 Å². The minimum absolute atomic E-state index is 0.0700. The summed E-state index contributed by atoms with van der Waals surface area (Å²) in [6.45, 7) is 6.29. The van der Waals surface area contributed by atoms with Gasteiger partial charge in [0, 0.05) is 12.5 Å². The Labute approximate surface area is 125 Å². The van der Waals surface area contributed by atoms with Crippen LogP contribution in [0.3, 0.4) is 0 Å². The number of urea groups is 1. The Morgan fingerprint density at radius 2 is 1.86 bits per heavy atom. The molecule has 1 aromatic carbocycles. The van der Waals surface area contributed by atoms with E-state index in [-0.39, 0.29) is 23.4 Å². The van der Waals surface area contributed by atoms with Gasteiger partial charge in [0.25, 0.3) is 0 Å². The van der Waals surface area contributed by atoms with Gasteiger partial charge in [-0.3, -0.25) is 4.79 Å². The van der Waals surface area contributed by atoms with Gasteiger partial charge in [-0.15, -0.1) is 0 Å². The highest BCUT2D eigenvalue weighted by molar-refractivity contribution is 6.16. The Bertz CT molecular complexity index is 513. The monoisotopic (exact) mass is 290 g/mol. The normalized spacial score (nSPS) is 19.4. The zero-order valence-electron chi connectivity index (χ0n) is 13.0. The zero-order valence-corrected chi connectivity index (χ0v) is 13.0. The van der Waals surface area contributed by atoms with Crippen molar-refractivity contribution in [3.63, 3.8) is 0 Å². The summed E-state index contributed by atoms with van der Waals surface area (Å²) >= 11 is 0. The van der Waals surface area contributed by atoms with Crippen LogP contribution in [0.5, 0.6) is 5.75 Å². The standard InChI is InChI=1S/C16H22N2O3/c1-16(2,3)10-11-9-14(19)18(15(20)17-11)12-5-7-13(21-4)8-6-12/h5-8,11H,9-10H2,1-4H3,(H,17,20). The molecule has 114 valence electrons. The number of carbonyl (C=O) groups excluding carboxylic acids is 2. The first-order valence-corrected chi connectivity index (χ1v) is 7.08. The number of benzene rings is 1. The molecule has 1 atom stereocenters. The largest absolute Gasteiger partial charge is 0.497 e. The maximum atomic E-state index is 12.3. The summed E-state index contributed by atoms with van der Waals surface area (Å²) < 4.78 is 5.08. The molecule has 0 radical (unpaired) electrons. The van der Waals surface area contributed by atoms with Crippen LogP contribution in [0.2, 0.25) is 0 Å². The molecule has 1 aromatic rings. The maximum Gasteiger partial charge on any atom is 0.328 e. The average molecular weight is 290 g/mol. The Kier molecular flexibility index (Phi) is 4.21. The maximum absolute atomic E-state index is 12.3. The molecule has 1 unspecified atom stereocenters. The minimum Gasteiger partial charge on any atom is -0.497 e. The fourth-order valence-corrected chi connectivity index (χ4v) is 2.56. The Morgan fingerprint density at radius 3 is 2.33 bits per heavy atom. The van der Waals surface area contributed by atoms with E-state index in [0.717, 1.165) is 6.42 Å². The summed E-state index contributed by atoms with van der Waals surface area (Å²) in [5.74, 6) is 0.521. The van der Waals surface area contributed by atoms with Gasteiger partial charge in [-0.25, -0.2) is 9.69 Å². The number of methoxy groups -OCH3 is 1. The topological polar surface area (TPSA) is 58.6 Å². The summed E-state index contributed by atoms with van der Waals surface area (Å²) in [7, 11) is 1.57. The first-order valence-electron chi connectivity index (χ1n) is 7.08. The molecule has 5 nitrogen and oxygen atoms in total. The SMILES string of the molecule is COc1ccc(N2C(=O)CC(CC(C)(C)C)NC2=O)cc1. The number of rotatable bonds is 3. The number of nitrogens with one attached hydrogen (secondary N) is 1. The van der Waals surface area contributed by atoms with Gasteiger partial charge in [0.05, 0.1) is 12.8 Å². The predicted molar refractivity (Wildman–Crippen MR) is 81.5 cm³/mol. The number of imide groups is 1. The van der Waals surface area contributed by atoms with Gasteiger partial charge in [0.1, 0.15) is 5.75 Å². The first-order chi connectivity index (χ1) is 9.80. The molecular weight excluding hydrogens is 268 g/mol. The number of carbonyl (C=O) groups is 2. The van der Waals surface area contributed by atoms with E-state index in [2.05, 4.69) is 26.1 Å². The van der Waals surface area contributed by atoms with Gasteiger partial charge in [-0.1, -0.05) is 20.8 Å². The highest BCUT2D eigenvalue weighted by atomic mass is 16.5. The second-order valence-corrected chi connectivity index (χ2v) is 6.54. The lowest BCUT2D eigenvalue weighted by Gasteiger charge is -2.34. The zero-order chi connectivity index (χ0) is 15.6. The van der Waals surface area contributed by atoms with Crippen molar-refractivity contribution in [3.8, 4) is 5.75 Å². The van der Waals surface area contributed by atoms with E-state index in [1.807, 2.05) is 0 Å². The van der Waals surface area contributed by atoms with Crippen LogP contribution < -0.4 is 15.0 Å². The summed E-state index contributed by atoms with van der Waals surface area (Å²) in [5, 5.41) is 2.92. The van der Waals surface area contributed by atoms with Crippen LogP contribution in [-0.4, -0.2) is 25.1 Å². The summed E-state index contributed by atoms with van der Waals surface area (Å²) in [6.07, 6.45) is 1.11. The quantitative estimate of drug-likeness (QED) is 0.931. The molecule has 1 heterocycles. The molecule has 21 heavy (non-hydrogen) atoms. The van der Waals surface area contributed by atoms with E-state index in [9.17, 15) is 9.59 Å². The highest BCUT2D eigenvalue weighted by Crippen LogP contribution is 2.27. The third-order valence-corrected chi connectivity index (χ3v) is 3.39. The van der Waals surface area contributed by atoms with Crippen LogP contribution in [0.25, 0.3) is 0 Å². The van der Waals surface area contributed by atoms with Gasteiger partial charge >= 0.3 is 6.03 Å². The van der Waals surface area contributed by atoms with Crippen molar-refractivity contribution in [3.05, 3.63) is 24.3 Å². The first kappa shape index (κ1) is 15.4. The number of ether oxygens (including phenoxy) is 1. The van der Waals surface area contributed by atoms with E-state index in [4.69, 9.17) is 4.74 Å². The van der Waals surface area contributed by atoms with Crippen molar-refractivity contribution in [2.75, 3.05) is 12.0 Å². The molecule has 0 saturated carbocycles. The van der Waals surface area contributed by atoms with Gasteiger partial charge < -0.3 is 10.1 Å². The average Bonchev–Trinajstić information content (AvgIpc) is 2.36. The van der Waals surface area contributed by atoms with Crippen molar-refractivity contribution in [1.29, 1.82) is 0 Å². The fourth-order valence-electron chi connectivity index (χ4n) is 2.56. The van der Waals surface area contributed by atoms with Crippen LogP contribution in [0.4, 0.5) is 10.5 Å². The molecule has 0 spiro atoms. The third-order valence-electron chi connectivity index (χ3n) is 3.39. The Morgan fingerprint density at radius 1 is 1.24 bits per heavy atom. The number of anilines is 1. The molecule has 1 fully saturated rings. The van der Waals surface area contributed by atoms with Crippen molar-refractivity contribution in [2.45, 2.75) is 39.7 Å². The minimum atomic E-state index is -0.356. The molecule has 1 saturated heterocycles. The lowest BCUT2D eigenvalue weighted by atomic mass is 9.86. The highest BCUT2D eigenvalue weighted by Gasteiger charge is 2.34. The van der Waals surface area contributed by atoms with Crippen LogP contribution in [0.1, 0.15) is 33.6 Å². The van der Waals surface area contributed by atoms with E-state index >= 15 is 0 Å². The van der Waals surface area contributed by atoms with Crippen molar-refractivity contribution in [2.24, 2.45) is 5.41 Å². The molecule has 1 aliphatic rings. The smallest absolute Gasteiger partial charge is 0.328 e. The molecule has 1 N–H and O–H groups in total. The van der Waals surface area contributed by atoms with Crippen molar-refractivity contribution >= 4 is 17.6 Å². The molecular formula is C16H22N2O3. The lowest BCUT2D eigenvalue weighted by Crippen LogP contribution is -2.55. The van der Waals surface area contributed by atoms with Crippen LogP contribution in [0.15, 0.2) is 24.3 Å². The second-order valence-electron chi connectivity index (χ2n) is 6.54. The number of nitrogens with zero attached hydrogens (tertiary/aromatic N) is 1. The van der Waals surface area contributed by atoms with Gasteiger partial charge in [-0.2, -0.15) is 0 Å². The molecule has 1 aliphatic heterocycles. The van der Waals surface area contributed by atoms with Crippen LogP contribution >= 0.6 is 0 Å². The summed E-state index contributed by atoms with van der Waals surface area (Å²) in [6, 6.07) is 6.43. The van der Waals surface area contributed by atoms with Gasteiger partial charge in [-0.05, 0) is 36.1 Å². The van der Waals surface area contributed by atoms with Gasteiger partial charge in [0.15, 0.2) is 0 Å². The molecule has 5 heteroatoms. The Hall–Kier alpha value is -2.04. The number of amides is 3. The van der Waals surface area contributed by atoms with E-state index in [1.165, 1.54) is 4.90 Å². The molecule has 0 bridgehead atoms. The molecule has 0 aromatic heterocycles. The predicted octanol–water partition coefficient (Wildman–Crippen LogP) is 2.95. The number of hydrogen-bond acceptors (Lipinski definition) is 3. The van der Waals surface area contributed by atoms with Crippen LogP contribution in [0, 0.1) is 5.41 Å². The fraction of sp³-hybridized carbons (Fsp3) is 0.500. The Balaban J connectivity index is 2.12. The number of hydrogen-bond donors (Lipinski definition) is 1. The molecule has 2 rings (SSSR count). The van der Waals surface area contributed by atoms with Crippen LogP contribution in [-0.2, 0) is 4.79 Å². The lowest BCUT2D eigenvalue weighted by molar-refractivity contribution is -0.119. The van der Waals surface area contributed by atoms with Gasteiger partial charge in [0.2, 0.25) is 5.91 Å². The van der Waals surface area contributed by atoms with E-state index in [0.29, 0.717) is 17.9 Å². The van der Waals surface area contributed by atoms with E-state index < -0.39 is 0 Å². The molecule has 0 aliphatic carbocycles.